The van der Waals surface area contributed by atoms with Crippen LogP contribution in [0.2, 0.25) is 0 Å². The molecule has 2 heterocycles. The summed E-state index contributed by atoms with van der Waals surface area (Å²) in [5.74, 6) is 0.950. The second kappa shape index (κ2) is 4.69. The zero-order valence-corrected chi connectivity index (χ0v) is 10.2. The van der Waals surface area contributed by atoms with Crippen molar-refractivity contribution < 1.29 is 9.18 Å². The zero-order chi connectivity index (χ0) is 12.5. The van der Waals surface area contributed by atoms with E-state index in [0.29, 0.717) is 17.4 Å². The van der Waals surface area contributed by atoms with Crippen LogP contribution in [0, 0.1) is 17.7 Å². The van der Waals surface area contributed by atoms with E-state index in [-0.39, 0.29) is 18.1 Å². The van der Waals surface area contributed by atoms with E-state index in [1.54, 1.807) is 18.2 Å². The quantitative estimate of drug-likeness (QED) is 0.848. The molecule has 2 atom stereocenters. The number of benzene rings is 1. The monoisotopic (exact) mass is 248 g/mol. The normalized spacial score (nSPS) is 26.4. The maximum absolute atomic E-state index is 13.5. The van der Waals surface area contributed by atoms with Gasteiger partial charge in [0.05, 0.1) is 6.42 Å². The fourth-order valence-corrected chi connectivity index (χ4v) is 2.98. The molecule has 3 rings (SSSR count). The summed E-state index contributed by atoms with van der Waals surface area (Å²) >= 11 is 0. The van der Waals surface area contributed by atoms with Gasteiger partial charge in [0.25, 0.3) is 0 Å². The van der Waals surface area contributed by atoms with Gasteiger partial charge in [-0.05, 0) is 23.5 Å². The molecule has 1 aromatic rings. The summed E-state index contributed by atoms with van der Waals surface area (Å²) in [7, 11) is 0. The van der Waals surface area contributed by atoms with Gasteiger partial charge in [-0.25, -0.2) is 4.39 Å². The number of likely N-dealkylation sites (tertiary alicyclic amines) is 1. The van der Waals surface area contributed by atoms with Gasteiger partial charge in [-0.1, -0.05) is 18.2 Å². The van der Waals surface area contributed by atoms with Crippen molar-refractivity contribution in [3.63, 3.8) is 0 Å². The smallest absolute Gasteiger partial charge is 0.227 e. The number of nitrogens with one attached hydrogen (secondary N) is 1. The van der Waals surface area contributed by atoms with Gasteiger partial charge in [-0.15, -0.1) is 0 Å². The molecule has 0 radical (unpaired) electrons. The van der Waals surface area contributed by atoms with Crippen LogP contribution >= 0.6 is 0 Å². The van der Waals surface area contributed by atoms with E-state index in [1.807, 2.05) is 4.90 Å². The predicted molar refractivity (Wildman–Crippen MR) is 66.5 cm³/mol. The van der Waals surface area contributed by atoms with Gasteiger partial charge in [0, 0.05) is 26.2 Å². The van der Waals surface area contributed by atoms with E-state index >= 15 is 0 Å². The fourth-order valence-electron chi connectivity index (χ4n) is 2.98. The lowest BCUT2D eigenvalue weighted by molar-refractivity contribution is -0.129. The Morgan fingerprint density at radius 2 is 1.94 bits per heavy atom. The van der Waals surface area contributed by atoms with Gasteiger partial charge < -0.3 is 10.2 Å². The lowest BCUT2D eigenvalue weighted by atomic mass is 10.0. The molecule has 0 unspecified atom stereocenters. The standard InChI is InChI=1S/C14H17FN2O/c15-13-4-2-1-3-10(13)5-14(18)17-8-11-6-16-7-12(11)9-17/h1-4,11-12,16H,5-9H2/t11-,12+. The van der Waals surface area contributed by atoms with Crippen molar-refractivity contribution in [2.24, 2.45) is 11.8 Å². The van der Waals surface area contributed by atoms with Gasteiger partial charge in [0.1, 0.15) is 5.82 Å². The van der Waals surface area contributed by atoms with E-state index in [0.717, 1.165) is 26.2 Å². The lowest BCUT2D eigenvalue weighted by Gasteiger charge is -2.17. The molecule has 4 heteroatoms. The van der Waals surface area contributed by atoms with Crippen LogP contribution in [0.4, 0.5) is 4.39 Å². The molecule has 0 aromatic heterocycles. The zero-order valence-electron chi connectivity index (χ0n) is 10.2. The SMILES string of the molecule is O=C(Cc1ccccc1F)N1C[C@H]2CNC[C@H]2C1. The molecule has 0 saturated carbocycles. The van der Waals surface area contributed by atoms with E-state index in [2.05, 4.69) is 5.32 Å². The number of hydrogen-bond donors (Lipinski definition) is 1. The van der Waals surface area contributed by atoms with E-state index in [1.165, 1.54) is 6.07 Å². The Morgan fingerprint density at radius 3 is 2.61 bits per heavy atom. The maximum atomic E-state index is 13.5. The summed E-state index contributed by atoms with van der Waals surface area (Å²) in [6.45, 7) is 3.66. The Labute approximate surface area is 106 Å². The van der Waals surface area contributed by atoms with E-state index < -0.39 is 0 Å². The molecule has 2 aliphatic heterocycles. The van der Waals surface area contributed by atoms with Gasteiger partial charge >= 0.3 is 0 Å². The van der Waals surface area contributed by atoms with Crippen molar-refractivity contribution in [1.82, 2.24) is 10.2 Å². The molecule has 1 aromatic carbocycles. The van der Waals surface area contributed by atoms with Crippen LogP contribution in [-0.4, -0.2) is 37.0 Å². The highest BCUT2D eigenvalue weighted by Gasteiger charge is 2.37. The molecule has 3 nitrogen and oxygen atoms in total. The first kappa shape index (κ1) is 11.7. The summed E-state index contributed by atoms with van der Waals surface area (Å²) in [4.78, 5) is 14.0. The highest BCUT2D eigenvalue weighted by molar-refractivity contribution is 5.79. The highest BCUT2D eigenvalue weighted by Crippen LogP contribution is 2.26. The second-order valence-electron chi connectivity index (χ2n) is 5.25. The molecule has 18 heavy (non-hydrogen) atoms. The van der Waals surface area contributed by atoms with Crippen molar-refractivity contribution in [3.05, 3.63) is 35.6 Å². The van der Waals surface area contributed by atoms with Crippen molar-refractivity contribution in [3.8, 4) is 0 Å². The number of nitrogens with zero attached hydrogens (tertiary/aromatic N) is 1. The Bertz CT molecular complexity index is 451. The number of carbonyl (C=O) groups is 1. The lowest BCUT2D eigenvalue weighted by Crippen LogP contribution is -2.33. The number of halogens is 1. The molecule has 0 bridgehead atoms. The minimum Gasteiger partial charge on any atom is -0.342 e. The predicted octanol–water partition coefficient (Wildman–Crippen LogP) is 1.05. The Balaban J connectivity index is 1.64. The molecule has 2 aliphatic rings. The average Bonchev–Trinajstić information content (AvgIpc) is 2.92. The van der Waals surface area contributed by atoms with Crippen LogP contribution in [0.15, 0.2) is 24.3 Å². The topological polar surface area (TPSA) is 32.3 Å². The second-order valence-corrected chi connectivity index (χ2v) is 5.25. The summed E-state index contributed by atoms with van der Waals surface area (Å²) < 4.78 is 13.5. The first-order valence-corrected chi connectivity index (χ1v) is 6.46. The summed E-state index contributed by atoms with van der Waals surface area (Å²) in [5.41, 5.74) is 0.498. The molecule has 1 N–H and O–H groups in total. The number of carbonyl (C=O) groups excluding carboxylic acids is 1. The van der Waals surface area contributed by atoms with Crippen LogP contribution < -0.4 is 5.32 Å². The number of hydrogen-bond acceptors (Lipinski definition) is 2. The average molecular weight is 248 g/mol. The van der Waals surface area contributed by atoms with Crippen LogP contribution in [-0.2, 0) is 11.2 Å². The van der Waals surface area contributed by atoms with E-state index in [9.17, 15) is 9.18 Å². The van der Waals surface area contributed by atoms with Crippen molar-refractivity contribution >= 4 is 5.91 Å². The number of amides is 1. The first-order chi connectivity index (χ1) is 8.74. The maximum Gasteiger partial charge on any atom is 0.227 e. The molecule has 1 amide bonds. The van der Waals surface area contributed by atoms with Crippen molar-refractivity contribution in [2.75, 3.05) is 26.2 Å². The minimum absolute atomic E-state index is 0.0505. The van der Waals surface area contributed by atoms with Gasteiger partial charge in [0.2, 0.25) is 5.91 Å². The van der Waals surface area contributed by atoms with Crippen LogP contribution in [0.25, 0.3) is 0 Å². The third-order valence-corrected chi connectivity index (χ3v) is 4.04. The first-order valence-electron chi connectivity index (χ1n) is 6.46. The Hall–Kier alpha value is -1.42. The molecule has 2 fully saturated rings. The minimum atomic E-state index is -0.285. The van der Waals surface area contributed by atoms with Crippen LogP contribution in [0.5, 0.6) is 0 Å². The third-order valence-electron chi connectivity index (χ3n) is 4.04. The molecule has 0 aliphatic carbocycles. The molecular formula is C14H17FN2O. The van der Waals surface area contributed by atoms with Crippen molar-refractivity contribution in [2.45, 2.75) is 6.42 Å². The third kappa shape index (κ3) is 2.12. The van der Waals surface area contributed by atoms with Crippen LogP contribution in [0.3, 0.4) is 0 Å². The number of rotatable bonds is 2. The van der Waals surface area contributed by atoms with Crippen LogP contribution in [0.1, 0.15) is 5.56 Å². The fraction of sp³-hybridized carbons (Fsp3) is 0.500. The summed E-state index contributed by atoms with van der Waals surface area (Å²) in [5, 5.41) is 3.34. The summed E-state index contributed by atoms with van der Waals surface area (Å²) in [6, 6.07) is 6.51. The Morgan fingerprint density at radius 1 is 1.28 bits per heavy atom. The van der Waals surface area contributed by atoms with Gasteiger partial charge in [-0.2, -0.15) is 0 Å². The molecular weight excluding hydrogens is 231 g/mol. The largest absolute Gasteiger partial charge is 0.342 e. The molecule has 0 spiro atoms. The molecule has 2 saturated heterocycles. The van der Waals surface area contributed by atoms with Gasteiger partial charge in [0.15, 0.2) is 0 Å². The van der Waals surface area contributed by atoms with Gasteiger partial charge in [-0.3, -0.25) is 4.79 Å². The summed E-state index contributed by atoms with van der Waals surface area (Å²) in [6.07, 6.45) is 0.180. The van der Waals surface area contributed by atoms with E-state index in [4.69, 9.17) is 0 Å². The highest BCUT2D eigenvalue weighted by atomic mass is 19.1. The molecule has 96 valence electrons. The number of fused-ring (bicyclic) bond motifs is 1. The van der Waals surface area contributed by atoms with Crippen molar-refractivity contribution in [1.29, 1.82) is 0 Å². The Kier molecular flexibility index (Phi) is 3.04.